The van der Waals surface area contributed by atoms with Crippen LogP contribution < -0.4 is 10.4 Å². The number of hydrogen-bond donors (Lipinski definition) is 0. The molecule has 3 aromatic rings. The molecule has 0 aliphatic carbocycles. The fourth-order valence-corrected chi connectivity index (χ4v) is 3.08. The van der Waals surface area contributed by atoms with Crippen molar-refractivity contribution in [2.75, 3.05) is 14.2 Å². The number of rotatable bonds is 6. The number of imidazole rings is 1. The van der Waals surface area contributed by atoms with Gasteiger partial charge in [-0.1, -0.05) is 24.3 Å². The third-order valence-corrected chi connectivity index (χ3v) is 4.54. The molecular formula is C20H23N3O3. The first-order chi connectivity index (χ1) is 12.5. The number of fused-ring (bicyclic) bond motifs is 1. The number of aromatic nitrogens is 2. The first kappa shape index (κ1) is 17.8. The lowest BCUT2D eigenvalue weighted by Gasteiger charge is -2.18. The number of methoxy groups -OCH3 is 1. The van der Waals surface area contributed by atoms with Gasteiger partial charge in [0, 0.05) is 20.1 Å². The van der Waals surface area contributed by atoms with Crippen LogP contribution in [0.25, 0.3) is 11.0 Å². The average molecular weight is 353 g/mol. The summed E-state index contributed by atoms with van der Waals surface area (Å²) in [5, 5.41) is 0. The van der Waals surface area contributed by atoms with Crippen molar-refractivity contribution in [3.05, 3.63) is 64.6 Å². The summed E-state index contributed by atoms with van der Waals surface area (Å²) in [6, 6.07) is 15.1. The third-order valence-electron chi connectivity index (χ3n) is 4.54. The molecule has 1 heterocycles. The second-order valence-corrected chi connectivity index (χ2v) is 6.20. The molecule has 0 saturated heterocycles. The molecule has 26 heavy (non-hydrogen) atoms. The first-order valence-electron chi connectivity index (χ1n) is 8.60. The molecule has 0 atom stereocenters. The topological polar surface area (TPSA) is 56.5 Å². The lowest BCUT2D eigenvalue weighted by molar-refractivity contribution is -0.131. The maximum absolute atomic E-state index is 12.7. The summed E-state index contributed by atoms with van der Waals surface area (Å²) in [6.07, 6.45) is 0. The zero-order valence-electron chi connectivity index (χ0n) is 15.3. The van der Waals surface area contributed by atoms with Crippen molar-refractivity contribution in [2.24, 2.45) is 0 Å². The number of nitrogens with zero attached hydrogens (tertiary/aromatic N) is 3. The Morgan fingerprint density at radius 3 is 2.23 bits per heavy atom. The highest BCUT2D eigenvalue weighted by Gasteiger charge is 2.16. The molecule has 0 aliphatic rings. The Morgan fingerprint density at radius 1 is 1.04 bits per heavy atom. The van der Waals surface area contributed by atoms with Crippen molar-refractivity contribution < 1.29 is 9.53 Å². The molecule has 0 fully saturated rings. The van der Waals surface area contributed by atoms with E-state index in [0.717, 1.165) is 22.3 Å². The van der Waals surface area contributed by atoms with Crippen LogP contribution >= 0.6 is 0 Å². The Morgan fingerprint density at radius 2 is 1.65 bits per heavy atom. The lowest BCUT2D eigenvalue weighted by atomic mass is 10.2. The second kappa shape index (κ2) is 7.47. The van der Waals surface area contributed by atoms with Crippen molar-refractivity contribution >= 4 is 16.9 Å². The maximum atomic E-state index is 12.7. The van der Waals surface area contributed by atoms with Crippen molar-refractivity contribution in [1.29, 1.82) is 0 Å². The van der Waals surface area contributed by atoms with Gasteiger partial charge < -0.3 is 9.64 Å². The third kappa shape index (κ3) is 3.35. The summed E-state index contributed by atoms with van der Waals surface area (Å²) in [6.45, 7) is 3.00. The number of aryl methyl sites for hydroxylation is 1. The van der Waals surface area contributed by atoms with Crippen LogP contribution in [0, 0.1) is 0 Å². The van der Waals surface area contributed by atoms with Gasteiger partial charge in [-0.3, -0.25) is 13.9 Å². The van der Waals surface area contributed by atoms with E-state index in [-0.39, 0.29) is 18.1 Å². The molecule has 0 bridgehead atoms. The number of carbonyl (C=O) groups excluding carboxylic acids is 1. The van der Waals surface area contributed by atoms with Crippen LogP contribution in [0.3, 0.4) is 0 Å². The number of benzene rings is 2. The molecule has 1 aromatic heterocycles. The van der Waals surface area contributed by atoms with Gasteiger partial charge in [-0.15, -0.1) is 0 Å². The highest BCUT2D eigenvalue weighted by atomic mass is 16.5. The fraction of sp³-hybridized carbons (Fsp3) is 0.300. The molecule has 0 aliphatic heterocycles. The van der Waals surface area contributed by atoms with Crippen LogP contribution in [-0.4, -0.2) is 34.1 Å². The largest absolute Gasteiger partial charge is 0.497 e. The van der Waals surface area contributed by atoms with E-state index in [0.29, 0.717) is 13.1 Å². The van der Waals surface area contributed by atoms with E-state index in [9.17, 15) is 9.59 Å². The van der Waals surface area contributed by atoms with E-state index in [1.807, 2.05) is 55.5 Å². The van der Waals surface area contributed by atoms with Gasteiger partial charge in [-0.05, 0) is 36.8 Å². The normalized spacial score (nSPS) is 10.9. The van der Waals surface area contributed by atoms with E-state index >= 15 is 0 Å². The zero-order chi connectivity index (χ0) is 18.7. The standard InChI is InChI=1S/C20H23N3O3/c1-4-22-17-7-5-6-8-18(17)23(20(22)25)14-19(24)21(2)13-15-9-11-16(26-3)12-10-15/h5-12H,4,13-14H2,1-3H3. The number of carbonyl (C=O) groups is 1. The van der Waals surface area contributed by atoms with E-state index in [1.54, 1.807) is 28.2 Å². The van der Waals surface area contributed by atoms with Crippen LogP contribution in [0.5, 0.6) is 5.75 Å². The number of amides is 1. The maximum Gasteiger partial charge on any atom is 0.329 e. The number of para-hydroxylation sites is 2. The van der Waals surface area contributed by atoms with Gasteiger partial charge in [-0.25, -0.2) is 4.79 Å². The van der Waals surface area contributed by atoms with Crippen LogP contribution in [0.4, 0.5) is 0 Å². The van der Waals surface area contributed by atoms with E-state index in [4.69, 9.17) is 4.74 Å². The molecule has 136 valence electrons. The SMILES string of the molecule is CCn1c(=O)n(CC(=O)N(C)Cc2ccc(OC)cc2)c2ccccc21. The molecule has 0 spiro atoms. The minimum Gasteiger partial charge on any atom is -0.497 e. The monoisotopic (exact) mass is 353 g/mol. The fourth-order valence-electron chi connectivity index (χ4n) is 3.08. The summed E-state index contributed by atoms with van der Waals surface area (Å²) < 4.78 is 8.38. The van der Waals surface area contributed by atoms with Crippen molar-refractivity contribution in [2.45, 2.75) is 26.6 Å². The molecule has 1 amide bonds. The Kier molecular flexibility index (Phi) is 5.11. The van der Waals surface area contributed by atoms with E-state index < -0.39 is 0 Å². The van der Waals surface area contributed by atoms with Crippen LogP contribution in [0.2, 0.25) is 0 Å². The summed E-state index contributed by atoms with van der Waals surface area (Å²) in [5.41, 5.74) is 2.49. The number of hydrogen-bond acceptors (Lipinski definition) is 3. The molecule has 2 aromatic carbocycles. The Bertz CT molecular complexity index is 970. The van der Waals surface area contributed by atoms with Crippen LogP contribution in [0.15, 0.2) is 53.3 Å². The van der Waals surface area contributed by atoms with Gasteiger partial charge in [0.1, 0.15) is 12.3 Å². The average Bonchev–Trinajstić information content (AvgIpc) is 2.93. The molecule has 0 radical (unpaired) electrons. The minimum atomic E-state index is -0.153. The van der Waals surface area contributed by atoms with Crippen molar-refractivity contribution in [3.8, 4) is 5.75 Å². The summed E-state index contributed by atoms with van der Waals surface area (Å²) in [4.78, 5) is 26.9. The van der Waals surface area contributed by atoms with Gasteiger partial charge in [0.05, 0.1) is 18.1 Å². The molecule has 0 N–H and O–H groups in total. The first-order valence-corrected chi connectivity index (χ1v) is 8.60. The van der Waals surface area contributed by atoms with Gasteiger partial charge >= 0.3 is 5.69 Å². The number of likely N-dealkylation sites (N-methyl/N-ethyl adjacent to an activating group) is 1. The highest BCUT2D eigenvalue weighted by Crippen LogP contribution is 2.15. The quantitative estimate of drug-likeness (QED) is 0.684. The smallest absolute Gasteiger partial charge is 0.329 e. The summed E-state index contributed by atoms with van der Waals surface area (Å²) in [5.74, 6) is 0.670. The lowest BCUT2D eigenvalue weighted by Crippen LogP contribution is -2.34. The van der Waals surface area contributed by atoms with Crippen LogP contribution in [-0.2, 0) is 24.4 Å². The van der Waals surface area contributed by atoms with Gasteiger partial charge in [-0.2, -0.15) is 0 Å². The summed E-state index contributed by atoms with van der Waals surface area (Å²) >= 11 is 0. The Hall–Kier alpha value is -3.02. The van der Waals surface area contributed by atoms with Gasteiger partial charge in [0.2, 0.25) is 5.91 Å². The molecule has 0 unspecified atom stereocenters. The van der Waals surface area contributed by atoms with E-state index in [1.165, 1.54) is 0 Å². The second-order valence-electron chi connectivity index (χ2n) is 6.20. The van der Waals surface area contributed by atoms with Crippen molar-refractivity contribution in [1.82, 2.24) is 14.0 Å². The van der Waals surface area contributed by atoms with Gasteiger partial charge in [0.25, 0.3) is 0 Å². The molecule has 0 saturated carbocycles. The minimum absolute atomic E-state index is 0.0268. The zero-order valence-corrected chi connectivity index (χ0v) is 15.3. The van der Waals surface area contributed by atoms with E-state index in [2.05, 4.69) is 0 Å². The molecule has 6 nitrogen and oxygen atoms in total. The van der Waals surface area contributed by atoms with Gasteiger partial charge in [0.15, 0.2) is 0 Å². The Balaban J connectivity index is 1.80. The van der Waals surface area contributed by atoms with Crippen molar-refractivity contribution in [3.63, 3.8) is 0 Å². The summed E-state index contributed by atoms with van der Waals surface area (Å²) in [7, 11) is 3.37. The highest BCUT2D eigenvalue weighted by molar-refractivity contribution is 5.80. The van der Waals surface area contributed by atoms with Crippen LogP contribution in [0.1, 0.15) is 12.5 Å². The Labute approximate surface area is 152 Å². The number of ether oxygens (including phenoxy) is 1. The molecular weight excluding hydrogens is 330 g/mol. The molecule has 3 rings (SSSR count). The predicted molar refractivity (Wildman–Crippen MR) is 101 cm³/mol. The molecule has 6 heteroatoms. The predicted octanol–water partition coefficient (Wildman–Crippen LogP) is 2.49.